The average Bonchev–Trinajstić information content (AvgIpc) is 2.78. The zero-order chi connectivity index (χ0) is 22.7. The molecule has 32 heavy (non-hydrogen) atoms. The van der Waals surface area contributed by atoms with E-state index in [0.717, 1.165) is 49.4 Å². The van der Waals surface area contributed by atoms with Crippen LogP contribution in [0.15, 0.2) is 24.4 Å². The maximum absolute atomic E-state index is 12.4. The van der Waals surface area contributed by atoms with Gasteiger partial charge >= 0.3 is 6.09 Å². The SMILES string of the molecule is CC(C)(C)OC(=O)N1CCc2cc(Nc3nc(N4CCCCC4)cnc3C#N)ccc2C1. The van der Waals surface area contributed by atoms with Crippen molar-refractivity contribution in [3.05, 3.63) is 41.2 Å². The van der Waals surface area contributed by atoms with Gasteiger partial charge in [0.1, 0.15) is 17.5 Å². The van der Waals surface area contributed by atoms with Gasteiger partial charge in [0.15, 0.2) is 11.5 Å². The highest BCUT2D eigenvalue weighted by Crippen LogP contribution is 2.27. The predicted molar refractivity (Wildman–Crippen MR) is 123 cm³/mol. The van der Waals surface area contributed by atoms with Crippen LogP contribution < -0.4 is 10.2 Å². The molecular formula is C24H30N6O2. The fourth-order valence-electron chi connectivity index (χ4n) is 4.07. The molecule has 1 aromatic heterocycles. The molecule has 8 heteroatoms. The monoisotopic (exact) mass is 434 g/mol. The summed E-state index contributed by atoms with van der Waals surface area (Å²) in [4.78, 5) is 25.4. The Morgan fingerprint density at radius 1 is 1.16 bits per heavy atom. The number of ether oxygens (including phenoxy) is 1. The van der Waals surface area contributed by atoms with Crippen LogP contribution in [0.1, 0.15) is 56.9 Å². The van der Waals surface area contributed by atoms with Crippen molar-refractivity contribution in [3.63, 3.8) is 0 Å². The van der Waals surface area contributed by atoms with Crippen LogP contribution in [0.2, 0.25) is 0 Å². The zero-order valence-electron chi connectivity index (χ0n) is 19.0. The minimum absolute atomic E-state index is 0.277. The summed E-state index contributed by atoms with van der Waals surface area (Å²) in [5.74, 6) is 1.28. The van der Waals surface area contributed by atoms with Crippen LogP contribution in [-0.2, 0) is 17.7 Å². The number of rotatable bonds is 3. The van der Waals surface area contributed by atoms with Crippen LogP contribution in [0.5, 0.6) is 0 Å². The highest BCUT2D eigenvalue weighted by Gasteiger charge is 2.26. The normalized spacial score (nSPS) is 16.2. The number of anilines is 3. The number of fused-ring (bicyclic) bond motifs is 1. The Morgan fingerprint density at radius 2 is 1.94 bits per heavy atom. The Labute approximate surface area is 189 Å². The van der Waals surface area contributed by atoms with Crippen molar-refractivity contribution in [1.82, 2.24) is 14.9 Å². The number of carbonyl (C=O) groups is 1. The van der Waals surface area contributed by atoms with Gasteiger partial charge in [-0.15, -0.1) is 0 Å². The number of aromatic nitrogens is 2. The summed E-state index contributed by atoms with van der Waals surface area (Å²) in [7, 11) is 0. The summed E-state index contributed by atoms with van der Waals surface area (Å²) in [6, 6.07) is 8.17. The lowest BCUT2D eigenvalue weighted by atomic mass is 9.99. The second-order valence-electron chi connectivity index (χ2n) is 9.35. The van der Waals surface area contributed by atoms with Crippen molar-refractivity contribution in [2.45, 2.75) is 58.6 Å². The van der Waals surface area contributed by atoms with Gasteiger partial charge in [-0.05, 0) is 69.7 Å². The van der Waals surface area contributed by atoms with Gasteiger partial charge in [-0.3, -0.25) is 0 Å². The molecule has 0 radical (unpaired) electrons. The Hall–Kier alpha value is -3.34. The molecule has 1 fully saturated rings. The molecule has 8 nitrogen and oxygen atoms in total. The fraction of sp³-hybridized carbons (Fsp3) is 0.500. The fourth-order valence-corrected chi connectivity index (χ4v) is 4.07. The lowest BCUT2D eigenvalue weighted by molar-refractivity contribution is 0.0224. The minimum Gasteiger partial charge on any atom is -0.444 e. The molecule has 0 spiro atoms. The maximum Gasteiger partial charge on any atom is 0.410 e. The summed E-state index contributed by atoms with van der Waals surface area (Å²) >= 11 is 0. The van der Waals surface area contributed by atoms with E-state index in [-0.39, 0.29) is 11.8 Å². The van der Waals surface area contributed by atoms with Crippen molar-refractivity contribution in [1.29, 1.82) is 5.26 Å². The molecule has 168 valence electrons. The van der Waals surface area contributed by atoms with Gasteiger partial charge in [-0.1, -0.05) is 6.07 Å². The van der Waals surface area contributed by atoms with Gasteiger partial charge in [-0.25, -0.2) is 14.8 Å². The maximum atomic E-state index is 12.4. The number of benzene rings is 1. The molecule has 0 saturated carbocycles. The molecule has 0 unspecified atom stereocenters. The largest absolute Gasteiger partial charge is 0.444 e. The van der Waals surface area contributed by atoms with E-state index in [0.29, 0.717) is 18.9 Å². The number of nitriles is 1. The van der Waals surface area contributed by atoms with Crippen LogP contribution in [-0.4, -0.2) is 46.2 Å². The van der Waals surface area contributed by atoms with Crippen molar-refractivity contribution in [2.75, 3.05) is 29.9 Å². The number of hydrogen-bond donors (Lipinski definition) is 1. The lowest BCUT2D eigenvalue weighted by Crippen LogP contribution is -2.39. The molecule has 0 atom stereocenters. The highest BCUT2D eigenvalue weighted by atomic mass is 16.6. The smallest absolute Gasteiger partial charge is 0.410 e. The number of carbonyl (C=O) groups excluding carboxylic acids is 1. The molecular weight excluding hydrogens is 404 g/mol. The molecule has 4 rings (SSSR count). The van der Waals surface area contributed by atoms with Gasteiger partial charge in [0.25, 0.3) is 0 Å². The standard InChI is InChI=1S/C24H30N6O2/c1-24(2,3)32-23(31)30-12-9-17-13-19(8-7-18(17)16-30)27-22-20(14-25)26-15-21(28-22)29-10-5-4-6-11-29/h7-8,13,15H,4-6,9-12,16H2,1-3H3,(H,27,28). The topological polar surface area (TPSA) is 94.4 Å². The number of nitrogens with one attached hydrogen (secondary N) is 1. The van der Waals surface area contributed by atoms with Crippen molar-refractivity contribution in [2.24, 2.45) is 0 Å². The highest BCUT2D eigenvalue weighted by molar-refractivity contribution is 5.69. The Morgan fingerprint density at radius 3 is 2.66 bits per heavy atom. The van der Waals surface area contributed by atoms with E-state index >= 15 is 0 Å². The summed E-state index contributed by atoms with van der Waals surface area (Å²) in [5, 5.41) is 12.8. The van der Waals surface area contributed by atoms with Gasteiger partial charge < -0.3 is 19.9 Å². The third kappa shape index (κ3) is 5.10. The molecule has 1 amide bonds. The molecule has 2 aliphatic rings. The van der Waals surface area contributed by atoms with Gasteiger partial charge in [-0.2, -0.15) is 5.26 Å². The van der Waals surface area contributed by atoms with Crippen LogP contribution in [0.4, 0.5) is 22.1 Å². The quantitative estimate of drug-likeness (QED) is 0.766. The van der Waals surface area contributed by atoms with E-state index in [4.69, 9.17) is 9.72 Å². The lowest BCUT2D eigenvalue weighted by Gasteiger charge is -2.31. The molecule has 1 saturated heterocycles. The predicted octanol–water partition coefficient (Wildman–Crippen LogP) is 4.38. The number of hydrogen-bond acceptors (Lipinski definition) is 7. The van der Waals surface area contributed by atoms with Crippen LogP contribution in [0.3, 0.4) is 0 Å². The van der Waals surface area contributed by atoms with Crippen LogP contribution in [0.25, 0.3) is 0 Å². The number of piperidine rings is 1. The number of nitrogens with zero attached hydrogens (tertiary/aromatic N) is 5. The van der Waals surface area contributed by atoms with Crippen LogP contribution in [0, 0.1) is 11.3 Å². The Balaban J connectivity index is 1.49. The summed E-state index contributed by atoms with van der Waals surface area (Å²) in [5.41, 5.74) is 2.90. The van der Waals surface area contributed by atoms with Crippen LogP contribution >= 0.6 is 0 Å². The second-order valence-corrected chi connectivity index (χ2v) is 9.35. The average molecular weight is 435 g/mol. The summed E-state index contributed by atoms with van der Waals surface area (Å²) in [6.45, 7) is 8.69. The second kappa shape index (κ2) is 9.03. The first-order chi connectivity index (χ1) is 15.3. The Bertz CT molecular complexity index is 1030. The third-order valence-corrected chi connectivity index (χ3v) is 5.68. The first-order valence-electron chi connectivity index (χ1n) is 11.2. The molecule has 0 bridgehead atoms. The van der Waals surface area contributed by atoms with E-state index in [9.17, 15) is 10.1 Å². The van der Waals surface area contributed by atoms with Crippen molar-refractivity contribution >= 4 is 23.4 Å². The van der Waals surface area contributed by atoms with Gasteiger partial charge in [0.05, 0.1) is 6.20 Å². The number of amides is 1. The van der Waals surface area contributed by atoms with E-state index in [2.05, 4.69) is 27.3 Å². The molecule has 2 aliphatic heterocycles. The van der Waals surface area contributed by atoms with Gasteiger partial charge in [0, 0.05) is 31.9 Å². The molecule has 3 heterocycles. The van der Waals surface area contributed by atoms with E-state index in [1.54, 1.807) is 11.1 Å². The molecule has 0 aliphatic carbocycles. The molecule has 1 N–H and O–H groups in total. The first-order valence-corrected chi connectivity index (χ1v) is 11.2. The van der Waals surface area contributed by atoms with E-state index < -0.39 is 5.60 Å². The summed E-state index contributed by atoms with van der Waals surface area (Å²) < 4.78 is 5.51. The molecule has 2 aromatic rings. The van der Waals surface area contributed by atoms with E-state index in [1.807, 2.05) is 32.9 Å². The van der Waals surface area contributed by atoms with E-state index in [1.165, 1.54) is 12.0 Å². The minimum atomic E-state index is -0.507. The summed E-state index contributed by atoms with van der Waals surface area (Å²) in [6.07, 6.45) is 5.69. The first kappa shape index (κ1) is 21.9. The zero-order valence-corrected chi connectivity index (χ0v) is 19.0. The molecule has 1 aromatic carbocycles. The third-order valence-electron chi connectivity index (χ3n) is 5.68. The van der Waals surface area contributed by atoms with Gasteiger partial charge in [0.2, 0.25) is 0 Å². The van der Waals surface area contributed by atoms with Crippen molar-refractivity contribution in [3.8, 4) is 6.07 Å². The Kier molecular flexibility index (Phi) is 6.17. The van der Waals surface area contributed by atoms with Crippen molar-refractivity contribution < 1.29 is 9.53 Å².